The van der Waals surface area contributed by atoms with Crippen LogP contribution in [0.25, 0.3) is 0 Å². The van der Waals surface area contributed by atoms with Gasteiger partial charge in [0.15, 0.2) is 0 Å². The van der Waals surface area contributed by atoms with Crippen molar-refractivity contribution < 1.29 is 0 Å². The highest BCUT2D eigenvalue weighted by Crippen LogP contribution is 2.23. The zero-order chi connectivity index (χ0) is 14.5. The number of nitrogens with zero attached hydrogens (tertiary/aromatic N) is 2. The van der Waals surface area contributed by atoms with Gasteiger partial charge in [0, 0.05) is 29.0 Å². The molecule has 0 saturated carbocycles. The molecule has 0 bridgehead atoms. The fourth-order valence-electron chi connectivity index (χ4n) is 2.13. The number of nitrogens with two attached hydrogens (primary N) is 1. The van der Waals surface area contributed by atoms with Crippen LogP contribution >= 0.6 is 27.3 Å². The van der Waals surface area contributed by atoms with Crippen LogP contribution in [0.4, 0.5) is 0 Å². The van der Waals surface area contributed by atoms with Gasteiger partial charge >= 0.3 is 0 Å². The molecule has 1 aromatic heterocycles. The fourth-order valence-corrected chi connectivity index (χ4v) is 3.31. The minimum absolute atomic E-state index is 0.0604. The predicted octanol–water partition coefficient (Wildman–Crippen LogP) is 3.74. The van der Waals surface area contributed by atoms with Gasteiger partial charge in [-0.05, 0) is 32.0 Å². The number of rotatable bonds is 6. The number of thiazole rings is 1. The van der Waals surface area contributed by atoms with E-state index < -0.39 is 0 Å². The van der Waals surface area contributed by atoms with Crippen molar-refractivity contribution in [2.24, 2.45) is 5.73 Å². The van der Waals surface area contributed by atoms with Gasteiger partial charge in [0.1, 0.15) is 0 Å². The monoisotopic (exact) mass is 353 g/mol. The zero-order valence-corrected chi connectivity index (χ0v) is 14.2. The second-order valence-electron chi connectivity index (χ2n) is 5.01. The van der Waals surface area contributed by atoms with E-state index in [4.69, 9.17) is 5.73 Å². The third-order valence-corrected chi connectivity index (χ3v) is 4.77. The normalized spacial score (nSPS) is 12.8. The molecule has 0 fully saturated rings. The molecule has 0 saturated heterocycles. The van der Waals surface area contributed by atoms with Gasteiger partial charge in [0.25, 0.3) is 0 Å². The largest absolute Gasteiger partial charge is 0.324 e. The van der Waals surface area contributed by atoms with Crippen LogP contribution in [0.1, 0.15) is 28.7 Å². The Balaban J connectivity index is 1.84. The number of halogens is 1. The van der Waals surface area contributed by atoms with Crippen molar-refractivity contribution >= 4 is 27.3 Å². The lowest BCUT2D eigenvalue weighted by atomic mass is 10.0. The second kappa shape index (κ2) is 7.31. The quantitative estimate of drug-likeness (QED) is 0.859. The summed E-state index contributed by atoms with van der Waals surface area (Å²) in [6, 6.07) is 8.22. The highest BCUT2D eigenvalue weighted by atomic mass is 79.9. The Morgan fingerprint density at radius 2 is 2.15 bits per heavy atom. The molecule has 0 aliphatic heterocycles. The van der Waals surface area contributed by atoms with Gasteiger partial charge in [-0.15, -0.1) is 11.3 Å². The van der Waals surface area contributed by atoms with Crippen molar-refractivity contribution in [1.29, 1.82) is 0 Å². The second-order valence-corrected chi connectivity index (χ2v) is 6.93. The van der Waals surface area contributed by atoms with Gasteiger partial charge in [-0.25, -0.2) is 4.98 Å². The molecule has 5 heteroatoms. The molecule has 2 N–H and O–H groups in total. The predicted molar refractivity (Wildman–Crippen MR) is 88.9 cm³/mol. The number of hydrogen-bond donors (Lipinski definition) is 1. The Labute approximate surface area is 133 Å². The molecular weight excluding hydrogens is 334 g/mol. The molecule has 108 valence electrons. The first-order valence-corrected chi connectivity index (χ1v) is 8.33. The minimum atomic E-state index is 0.0604. The summed E-state index contributed by atoms with van der Waals surface area (Å²) < 4.78 is 1.09. The van der Waals surface area contributed by atoms with Crippen LogP contribution in [0.2, 0.25) is 0 Å². The summed E-state index contributed by atoms with van der Waals surface area (Å²) in [6.07, 6.45) is 0.933. The van der Waals surface area contributed by atoms with Crippen molar-refractivity contribution in [3.63, 3.8) is 0 Å². The molecule has 1 unspecified atom stereocenters. The van der Waals surface area contributed by atoms with E-state index in [-0.39, 0.29) is 6.04 Å². The first-order valence-electron chi connectivity index (χ1n) is 6.66. The third-order valence-electron chi connectivity index (χ3n) is 3.23. The van der Waals surface area contributed by atoms with Crippen LogP contribution in [0, 0.1) is 6.92 Å². The van der Waals surface area contributed by atoms with Crippen LogP contribution in [-0.4, -0.2) is 23.5 Å². The first-order chi connectivity index (χ1) is 9.56. The maximum absolute atomic E-state index is 6.27. The molecule has 0 amide bonds. The molecule has 0 spiro atoms. The average Bonchev–Trinajstić information content (AvgIpc) is 2.82. The maximum Gasteiger partial charge on any atom is 0.0897 e. The summed E-state index contributed by atoms with van der Waals surface area (Å²) in [5.74, 6) is 0. The van der Waals surface area contributed by atoms with Crippen LogP contribution in [0.5, 0.6) is 0 Å². The van der Waals surface area contributed by atoms with Crippen LogP contribution in [-0.2, 0) is 6.54 Å². The van der Waals surface area contributed by atoms with E-state index in [1.54, 1.807) is 11.3 Å². The molecule has 0 radical (unpaired) electrons. The van der Waals surface area contributed by atoms with Gasteiger partial charge in [0.2, 0.25) is 0 Å². The minimum Gasteiger partial charge on any atom is -0.324 e. The Hall–Kier alpha value is -0.750. The van der Waals surface area contributed by atoms with Crippen molar-refractivity contribution in [2.45, 2.75) is 25.9 Å². The Morgan fingerprint density at radius 1 is 1.40 bits per heavy atom. The number of aryl methyl sites for hydroxylation is 1. The summed E-state index contributed by atoms with van der Waals surface area (Å²) in [4.78, 5) is 6.76. The SMILES string of the molecule is Cc1nc(CN(C)CCC(N)c2ccccc2Br)cs1. The summed E-state index contributed by atoms with van der Waals surface area (Å²) in [7, 11) is 2.11. The van der Waals surface area contributed by atoms with Crippen LogP contribution in [0.3, 0.4) is 0 Å². The molecular formula is C15H20BrN3S. The number of aromatic nitrogens is 1. The molecule has 2 rings (SSSR count). The molecule has 2 aromatic rings. The van der Waals surface area contributed by atoms with E-state index in [0.717, 1.165) is 34.7 Å². The summed E-state index contributed by atoms with van der Waals surface area (Å²) in [5.41, 5.74) is 8.59. The third kappa shape index (κ3) is 4.38. The van der Waals surface area contributed by atoms with Gasteiger partial charge in [-0.3, -0.25) is 0 Å². The van der Waals surface area contributed by atoms with Crippen molar-refractivity contribution in [1.82, 2.24) is 9.88 Å². The van der Waals surface area contributed by atoms with Gasteiger partial charge < -0.3 is 10.6 Å². The van der Waals surface area contributed by atoms with E-state index in [1.807, 2.05) is 25.1 Å². The van der Waals surface area contributed by atoms with E-state index in [1.165, 1.54) is 5.56 Å². The molecule has 1 aromatic carbocycles. The lowest BCUT2D eigenvalue weighted by Gasteiger charge is -2.19. The summed E-state index contributed by atoms with van der Waals surface area (Å²) in [5, 5.41) is 3.25. The maximum atomic E-state index is 6.27. The highest BCUT2D eigenvalue weighted by molar-refractivity contribution is 9.10. The summed E-state index contributed by atoms with van der Waals surface area (Å²) in [6.45, 7) is 3.88. The van der Waals surface area contributed by atoms with Gasteiger partial charge in [-0.2, -0.15) is 0 Å². The van der Waals surface area contributed by atoms with E-state index in [0.29, 0.717) is 0 Å². The van der Waals surface area contributed by atoms with Crippen molar-refractivity contribution in [3.8, 4) is 0 Å². The molecule has 1 heterocycles. The smallest absolute Gasteiger partial charge is 0.0897 e. The fraction of sp³-hybridized carbons (Fsp3) is 0.400. The topological polar surface area (TPSA) is 42.2 Å². The lowest BCUT2D eigenvalue weighted by molar-refractivity contribution is 0.308. The van der Waals surface area contributed by atoms with E-state index in [9.17, 15) is 0 Å². The first kappa shape index (κ1) is 15.6. The van der Waals surface area contributed by atoms with E-state index in [2.05, 4.69) is 44.3 Å². The molecule has 0 aliphatic rings. The molecule has 0 aliphatic carbocycles. The summed E-state index contributed by atoms with van der Waals surface area (Å²) >= 11 is 5.26. The molecule has 1 atom stereocenters. The Bertz CT molecular complexity index is 556. The van der Waals surface area contributed by atoms with Gasteiger partial charge in [0.05, 0.1) is 10.7 Å². The highest BCUT2D eigenvalue weighted by Gasteiger charge is 2.11. The molecule has 3 nitrogen and oxygen atoms in total. The van der Waals surface area contributed by atoms with Crippen LogP contribution in [0.15, 0.2) is 34.1 Å². The average molecular weight is 354 g/mol. The zero-order valence-electron chi connectivity index (χ0n) is 11.8. The van der Waals surface area contributed by atoms with Gasteiger partial charge in [-0.1, -0.05) is 34.1 Å². The lowest BCUT2D eigenvalue weighted by Crippen LogP contribution is -2.23. The number of benzene rings is 1. The Morgan fingerprint density at radius 3 is 2.80 bits per heavy atom. The van der Waals surface area contributed by atoms with Crippen molar-refractivity contribution in [2.75, 3.05) is 13.6 Å². The number of hydrogen-bond acceptors (Lipinski definition) is 4. The van der Waals surface area contributed by atoms with Crippen LogP contribution < -0.4 is 5.73 Å². The Kier molecular flexibility index (Phi) is 5.72. The molecule has 20 heavy (non-hydrogen) atoms. The standard InChI is InChI=1S/C15H20BrN3S/c1-11-18-12(10-20-11)9-19(2)8-7-15(17)13-5-3-4-6-14(13)16/h3-6,10,15H,7-9,17H2,1-2H3. The van der Waals surface area contributed by atoms with E-state index >= 15 is 0 Å². The van der Waals surface area contributed by atoms with Crippen molar-refractivity contribution in [3.05, 3.63) is 50.4 Å².